The molecule has 7 atom stereocenters. The molecular weight excluding hydrogens is 228 g/mol. The highest BCUT2D eigenvalue weighted by molar-refractivity contribution is 5.77. The van der Waals surface area contributed by atoms with Gasteiger partial charge in [0.05, 0.1) is 5.41 Å². The summed E-state index contributed by atoms with van der Waals surface area (Å²) in [6, 6.07) is 0. The second-order valence-corrected chi connectivity index (χ2v) is 6.89. The smallest absolute Gasteiger partial charge is 0.314 e. The van der Waals surface area contributed by atoms with E-state index in [9.17, 15) is 4.79 Å². The van der Waals surface area contributed by atoms with Gasteiger partial charge in [-0.3, -0.25) is 4.79 Å². The number of carbonyl (C=O) groups excluding carboxylic acids is 1. The highest BCUT2D eigenvalue weighted by atomic mass is 16.6. The number of rotatable bonds is 2. The van der Waals surface area contributed by atoms with Gasteiger partial charge in [0.2, 0.25) is 0 Å². The summed E-state index contributed by atoms with van der Waals surface area (Å²) < 4.78 is 4.91. The van der Waals surface area contributed by atoms with Crippen LogP contribution < -0.4 is 0 Å². The van der Waals surface area contributed by atoms with Crippen LogP contribution >= 0.6 is 0 Å². The average molecular weight is 248 g/mol. The molecule has 4 bridgehead atoms. The van der Waals surface area contributed by atoms with Crippen molar-refractivity contribution in [3.8, 4) is 0 Å². The monoisotopic (exact) mass is 248 g/mol. The van der Waals surface area contributed by atoms with Gasteiger partial charge in [-0.2, -0.15) is 0 Å². The molecule has 0 spiro atoms. The molecule has 18 heavy (non-hydrogen) atoms. The molecule has 3 saturated carbocycles. The van der Waals surface area contributed by atoms with Gasteiger partial charge in [-0.1, -0.05) is 12.2 Å². The Morgan fingerprint density at radius 1 is 1.33 bits per heavy atom. The Kier molecular flexibility index (Phi) is 2.07. The summed E-state index contributed by atoms with van der Waals surface area (Å²) >= 11 is 0. The molecule has 0 amide bonds. The summed E-state index contributed by atoms with van der Waals surface area (Å²) in [5, 5.41) is 8.82. The van der Waals surface area contributed by atoms with E-state index in [0.717, 1.165) is 18.3 Å². The molecule has 4 aliphatic carbocycles. The van der Waals surface area contributed by atoms with E-state index in [0.29, 0.717) is 23.7 Å². The van der Waals surface area contributed by atoms with E-state index in [-0.39, 0.29) is 11.4 Å². The van der Waals surface area contributed by atoms with Crippen LogP contribution in [0.3, 0.4) is 0 Å². The molecule has 0 heterocycles. The lowest BCUT2D eigenvalue weighted by Crippen LogP contribution is -2.43. The minimum atomic E-state index is -0.480. The van der Waals surface area contributed by atoms with Crippen LogP contribution in [0.25, 0.3) is 0 Å². The first-order valence-corrected chi connectivity index (χ1v) is 7.11. The minimum absolute atomic E-state index is 0.178. The average Bonchev–Trinajstić information content (AvgIpc) is 3.05. The van der Waals surface area contributed by atoms with Crippen molar-refractivity contribution in [1.29, 1.82) is 0 Å². The topological polar surface area (TPSA) is 46.5 Å². The quantitative estimate of drug-likeness (QED) is 0.352. The summed E-state index contributed by atoms with van der Waals surface area (Å²) in [5.74, 6) is 4.03. The third-order valence-corrected chi connectivity index (χ3v) is 6.32. The number of fused-ring (bicyclic) bond motifs is 9. The van der Waals surface area contributed by atoms with Gasteiger partial charge in [-0.15, -0.1) is 0 Å². The fourth-order valence-electron chi connectivity index (χ4n) is 5.83. The van der Waals surface area contributed by atoms with Gasteiger partial charge in [-0.05, 0) is 61.7 Å². The summed E-state index contributed by atoms with van der Waals surface area (Å²) in [4.78, 5) is 12.2. The summed E-state index contributed by atoms with van der Waals surface area (Å²) in [7, 11) is 0. The van der Waals surface area contributed by atoms with Crippen LogP contribution in [0, 0.1) is 40.9 Å². The first-order valence-electron chi connectivity index (χ1n) is 7.11. The van der Waals surface area contributed by atoms with Gasteiger partial charge in [-0.25, -0.2) is 0 Å². The van der Waals surface area contributed by atoms with Crippen LogP contribution in [0.2, 0.25) is 0 Å². The van der Waals surface area contributed by atoms with Crippen molar-refractivity contribution < 1.29 is 14.6 Å². The second-order valence-electron chi connectivity index (χ2n) is 6.89. The molecule has 4 aliphatic rings. The zero-order valence-electron chi connectivity index (χ0n) is 10.7. The Hall–Kier alpha value is -0.830. The Labute approximate surface area is 107 Å². The SMILES string of the molecule is CC1(C(=O)OCO)CC2CC1C1C3C=CC(C3)C21. The number of aliphatic hydroxyl groups is 1. The minimum Gasteiger partial charge on any atom is -0.438 e. The maximum absolute atomic E-state index is 12.2. The summed E-state index contributed by atoms with van der Waals surface area (Å²) in [6.07, 6.45) is 8.27. The van der Waals surface area contributed by atoms with Gasteiger partial charge in [0, 0.05) is 0 Å². The number of hydrogen-bond donors (Lipinski definition) is 1. The van der Waals surface area contributed by atoms with Crippen molar-refractivity contribution in [2.45, 2.75) is 26.2 Å². The van der Waals surface area contributed by atoms with Crippen LogP contribution in [0.1, 0.15) is 26.2 Å². The van der Waals surface area contributed by atoms with E-state index in [1.54, 1.807) is 0 Å². The predicted molar refractivity (Wildman–Crippen MR) is 65.2 cm³/mol. The largest absolute Gasteiger partial charge is 0.438 e. The van der Waals surface area contributed by atoms with E-state index in [1.165, 1.54) is 12.8 Å². The van der Waals surface area contributed by atoms with Crippen molar-refractivity contribution in [2.24, 2.45) is 40.9 Å². The fraction of sp³-hybridized carbons (Fsp3) is 0.800. The van der Waals surface area contributed by atoms with E-state index in [4.69, 9.17) is 9.84 Å². The molecule has 3 nitrogen and oxygen atoms in total. The molecule has 7 unspecified atom stereocenters. The zero-order valence-corrected chi connectivity index (χ0v) is 10.7. The molecule has 0 saturated heterocycles. The Balaban J connectivity index is 1.65. The highest BCUT2D eigenvalue weighted by Gasteiger charge is 2.66. The second kappa shape index (κ2) is 3.38. The van der Waals surface area contributed by atoms with E-state index < -0.39 is 6.79 Å². The standard InChI is InChI=1S/C15H20O3/c1-15(14(17)18-7-16)6-10-5-11(15)13-9-3-2-8(4-9)12(10)13/h2-3,8-13,16H,4-7H2,1H3. The number of hydrogen-bond acceptors (Lipinski definition) is 3. The van der Waals surface area contributed by atoms with Crippen LogP contribution in [0.5, 0.6) is 0 Å². The fourth-order valence-corrected chi connectivity index (χ4v) is 5.83. The lowest BCUT2D eigenvalue weighted by atomic mass is 9.63. The van der Waals surface area contributed by atoms with E-state index in [2.05, 4.69) is 19.1 Å². The zero-order chi connectivity index (χ0) is 12.5. The highest BCUT2D eigenvalue weighted by Crippen LogP contribution is 2.70. The van der Waals surface area contributed by atoms with Gasteiger partial charge in [0.15, 0.2) is 6.79 Å². The maximum Gasteiger partial charge on any atom is 0.314 e. The Morgan fingerprint density at radius 2 is 2.06 bits per heavy atom. The number of aliphatic hydroxyl groups excluding tert-OH is 1. The number of allylic oxidation sites excluding steroid dienone is 2. The van der Waals surface area contributed by atoms with Crippen LogP contribution in [0.15, 0.2) is 12.2 Å². The molecule has 3 fully saturated rings. The van der Waals surface area contributed by atoms with Crippen molar-refractivity contribution in [2.75, 3.05) is 6.79 Å². The lowest BCUT2D eigenvalue weighted by Gasteiger charge is -2.41. The number of ether oxygens (including phenoxy) is 1. The van der Waals surface area contributed by atoms with Gasteiger partial charge in [0.1, 0.15) is 0 Å². The van der Waals surface area contributed by atoms with Crippen LogP contribution in [-0.2, 0) is 9.53 Å². The van der Waals surface area contributed by atoms with E-state index in [1.807, 2.05) is 0 Å². The first kappa shape index (κ1) is 11.0. The molecule has 0 radical (unpaired) electrons. The Morgan fingerprint density at radius 3 is 2.78 bits per heavy atom. The van der Waals surface area contributed by atoms with Crippen LogP contribution in [0.4, 0.5) is 0 Å². The van der Waals surface area contributed by atoms with Crippen LogP contribution in [-0.4, -0.2) is 17.9 Å². The molecule has 3 heteroatoms. The summed E-state index contributed by atoms with van der Waals surface area (Å²) in [6.45, 7) is 1.58. The maximum atomic E-state index is 12.2. The molecule has 4 rings (SSSR count). The summed E-state index contributed by atoms with van der Waals surface area (Å²) in [5.41, 5.74) is -0.340. The van der Waals surface area contributed by atoms with Crippen molar-refractivity contribution >= 4 is 5.97 Å². The van der Waals surface area contributed by atoms with Gasteiger partial charge < -0.3 is 9.84 Å². The molecule has 98 valence electrons. The normalized spacial score (nSPS) is 55.0. The lowest BCUT2D eigenvalue weighted by molar-refractivity contribution is -0.169. The Bertz CT molecular complexity index is 429. The van der Waals surface area contributed by atoms with Crippen molar-refractivity contribution in [3.05, 3.63) is 12.2 Å². The van der Waals surface area contributed by atoms with E-state index >= 15 is 0 Å². The molecule has 0 aliphatic heterocycles. The predicted octanol–water partition coefficient (Wildman–Crippen LogP) is 1.96. The molecule has 0 aromatic carbocycles. The molecule has 0 aromatic heterocycles. The first-order chi connectivity index (χ1) is 8.65. The van der Waals surface area contributed by atoms with Gasteiger partial charge in [0.25, 0.3) is 0 Å². The van der Waals surface area contributed by atoms with Gasteiger partial charge >= 0.3 is 5.97 Å². The molecule has 0 aromatic rings. The third kappa shape index (κ3) is 1.12. The third-order valence-electron chi connectivity index (χ3n) is 6.32. The number of esters is 1. The molecule has 1 N–H and O–H groups in total. The molecular formula is C15H20O3. The number of carbonyl (C=O) groups is 1. The van der Waals surface area contributed by atoms with Crippen molar-refractivity contribution in [1.82, 2.24) is 0 Å². The van der Waals surface area contributed by atoms with Crippen molar-refractivity contribution in [3.63, 3.8) is 0 Å².